The summed E-state index contributed by atoms with van der Waals surface area (Å²) >= 11 is 2.33. The van der Waals surface area contributed by atoms with Crippen LogP contribution in [0.5, 0.6) is 0 Å². The van der Waals surface area contributed by atoms with Crippen LogP contribution in [-0.2, 0) is 0 Å². The molecule has 0 spiro atoms. The standard InChI is InChI=1S/C13H14IN3/c1-2-17-13(11-7-15-9-16-8-11)10-4-3-5-12(14)6-10/h3-9,13,17H,2H2,1H3. The summed E-state index contributed by atoms with van der Waals surface area (Å²) in [6.07, 6.45) is 5.28. The Morgan fingerprint density at radius 2 is 2.00 bits per heavy atom. The number of rotatable bonds is 4. The van der Waals surface area contributed by atoms with Crippen LogP contribution in [-0.4, -0.2) is 16.5 Å². The van der Waals surface area contributed by atoms with Gasteiger partial charge in [-0.15, -0.1) is 0 Å². The largest absolute Gasteiger partial charge is 0.306 e. The van der Waals surface area contributed by atoms with E-state index in [0.717, 1.165) is 12.1 Å². The van der Waals surface area contributed by atoms with Crippen LogP contribution in [0.1, 0.15) is 24.1 Å². The van der Waals surface area contributed by atoms with Crippen molar-refractivity contribution in [2.45, 2.75) is 13.0 Å². The van der Waals surface area contributed by atoms with Crippen molar-refractivity contribution in [3.05, 3.63) is 57.7 Å². The molecular formula is C13H14IN3. The summed E-state index contributed by atoms with van der Waals surface area (Å²) in [6.45, 7) is 3.01. The normalized spacial score (nSPS) is 12.4. The van der Waals surface area contributed by atoms with E-state index in [2.05, 4.69) is 69.1 Å². The zero-order valence-electron chi connectivity index (χ0n) is 9.60. The number of hydrogen-bond acceptors (Lipinski definition) is 3. The third-order valence-corrected chi connectivity index (χ3v) is 3.18. The minimum atomic E-state index is 0.163. The van der Waals surface area contributed by atoms with Crippen molar-refractivity contribution < 1.29 is 0 Å². The minimum absolute atomic E-state index is 0.163. The van der Waals surface area contributed by atoms with Gasteiger partial charge in [-0.1, -0.05) is 19.1 Å². The SMILES string of the molecule is CCNC(c1cncnc1)c1cccc(I)c1. The molecule has 2 rings (SSSR count). The lowest BCUT2D eigenvalue weighted by Crippen LogP contribution is -2.22. The maximum absolute atomic E-state index is 4.08. The zero-order chi connectivity index (χ0) is 12.1. The lowest BCUT2D eigenvalue weighted by Gasteiger charge is -2.18. The topological polar surface area (TPSA) is 37.8 Å². The molecule has 1 heterocycles. The maximum Gasteiger partial charge on any atom is 0.115 e. The van der Waals surface area contributed by atoms with Gasteiger partial charge < -0.3 is 5.32 Å². The van der Waals surface area contributed by atoms with Crippen LogP contribution >= 0.6 is 22.6 Å². The Morgan fingerprint density at radius 3 is 2.65 bits per heavy atom. The fraction of sp³-hybridized carbons (Fsp3) is 0.231. The van der Waals surface area contributed by atoms with Crippen molar-refractivity contribution in [3.8, 4) is 0 Å². The fourth-order valence-corrected chi connectivity index (χ4v) is 2.35. The Balaban J connectivity index is 2.35. The second kappa shape index (κ2) is 6.07. The molecule has 1 atom stereocenters. The predicted molar refractivity (Wildman–Crippen MR) is 76.7 cm³/mol. The van der Waals surface area contributed by atoms with E-state index in [0.29, 0.717) is 0 Å². The summed E-state index contributed by atoms with van der Waals surface area (Å²) < 4.78 is 1.24. The van der Waals surface area contributed by atoms with Gasteiger partial charge in [0.2, 0.25) is 0 Å². The lowest BCUT2D eigenvalue weighted by atomic mass is 10.0. The number of aromatic nitrogens is 2. The number of nitrogens with zero attached hydrogens (tertiary/aromatic N) is 2. The molecule has 1 N–H and O–H groups in total. The average molecular weight is 339 g/mol. The predicted octanol–water partition coefficient (Wildman–Crippen LogP) is 2.78. The molecule has 1 unspecified atom stereocenters. The molecule has 0 fully saturated rings. The molecular weight excluding hydrogens is 325 g/mol. The van der Waals surface area contributed by atoms with Crippen LogP contribution in [0.3, 0.4) is 0 Å². The van der Waals surface area contributed by atoms with E-state index >= 15 is 0 Å². The molecule has 0 bridgehead atoms. The molecule has 1 aromatic heterocycles. The molecule has 3 nitrogen and oxygen atoms in total. The number of nitrogens with one attached hydrogen (secondary N) is 1. The first-order valence-corrected chi connectivity index (χ1v) is 6.63. The van der Waals surface area contributed by atoms with E-state index in [-0.39, 0.29) is 6.04 Å². The molecule has 0 amide bonds. The minimum Gasteiger partial charge on any atom is -0.306 e. The molecule has 17 heavy (non-hydrogen) atoms. The first kappa shape index (κ1) is 12.4. The van der Waals surface area contributed by atoms with Gasteiger partial charge in [-0.05, 0) is 46.8 Å². The van der Waals surface area contributed by atoms with Crippen molar-refractivity contribution in [3.63, 3.8) is 0 Å². The van der Waals surface area contributed by atoms with E-state index in [1.54, 1.807) is 6.33 Å². The molecule has 2 aromatic rings. The summed E-state index contributed by atoms with van der Waals surface area (Å²) in [5.74, 6) is 0. The van der Waals surface area contributed by atoms with Gasteiger partial charge in [0.15, 0.2) is 0 Å². The van der Waals surface area contributed by atoms with Crippen molar-refractivity contribution in [1.29, 1.82) is 0 Å². The van der Waals surface area contributed by atoms with Crippen LogP contribution in [0.4, 0.5) is 0 Å². The first-order chi connectivity index (χ1) is 8.31. The van der Waals surface area contributed by atoms with Crippen LogP contribution < -0.4 is 5.32 Å². The van der Waals surface area contributed by atoms with Gasteiger partial charge in [-0.3, -0.25) is 0 Å². The van der Waals surface area contributed by atoms with Crippen molar-refractivity contribution >= 4 is 22.6 Å². The average Bonchev–Trinajstić information content (AvgIpc) is 2.37. The van der Waals surface area contributed by atoms with E-state index in [1.807, 2.05) is 12.4 Å². The highest BCUT2D eigenvalue weighted by atomic mass is 127. The number of hydrogen-bond donors (Lipinski definition) is 1. The highest BCUT2D eigenvalue weighted by molar-refractivity contribution is 14.1. The van der Waals surface area contributed by atoms with Crippen LogP contribution in [0, 0.1) is 3.57 Å². The lowest BCUT2D eigenvalue weighted by molar-refractivity contribution is 0.625. The highest BCUT2D eigenvalue weighted by Gasteiger charge is 2.13. The third kappa shape index (κ3) is 3.23. The van der Waals surface area contributed by atoms with E-state index in [1.165, 1.54) is 9.13 Å². The van der Waals surface area contributed by atoms with E-state index in [9.17, 15) is 0 Å². The van der Waals surface area contributed by atoms with Crippen LogP contribution in [0.25, 0.3) is 0 Å². The smallest absolute Gasteiger partial charge is 0.115 e. The monoisotopic (exact) mass is 339 g/mol. The van der Waals surface area contributed by atoms with E-state index < -0.39 is 0 Å². The van der Waals surface area contributed by atoms with Gasteiger partial charge in [-0.25, -0.2) is 9.97 Å². The van der Waals surface area contributed by atoms with E-state index in [4.69, 9.17) is 0 Å². The van der Waals surface area contributed by atoms with Crippen molar-refractivity contribution in [1.82, 2.24) is 15.3 Å². The second-order valence-corrected chi connectivity index (χ2v) is 4.96. The van der Waals surface area contributed by atoms with Crippen LogP contribution in [0.2, 0.25) is 0 Å². The number of benzene rings is 1. The molecule has 0 aliphatic heterocycles. The fourth-order valence-electron chi connectivity index (χ4n) is 1.78. The molecule has 0 saturated heterocycles. The van der Waals surface area contributed by atoms with Crippen molar-refractivity contribution in [2.24, 2.45) is 0 Å². The Hall–Kier alpha value is -1.01. The summed E-state index contributed by atoms with van der Waals surface area (Å²) in [5.41, 5.74) is 2.34. The van der Waals surface area contributed by atoms with Gasteiger partial charge >= 0.3 is 0 Å². The molecule has 0 aliphatic carbocycles. The molecule has 4 heteroatoms. The molecule has 0 aliphatic rings. The summed E-state index contributed by atoms with van der Waals surface area (Å²) in [4.78, 5) is 8.17. The highest BCUT2D eigenvalue weighted by Crippen LogP contribution is 2.22. The Labute approximate surface area is 115 Å². The van der Waals surface area contributed by atoms with Gasteiger partial charge in [-0.2, -0.15) is 0 Å². The second-order valence-electron chi connectivity index (χ2n) is 3.72. The third-order valence-electron chi connectivity index (χ3n) is 2.50. The van der Waals surface area contributed by atoms with Gasteiger partial charge in [0.05, 0.1) is 6.04 Å². The van der Waals surface area contributed by atoms with Gasteiger partial charge in [0.1, 0.15) is 6.33 Å². The zero-order valence-corrected chi connectivity index (χ0v) is 11.8. The summed E-state index contributed by atoms with van der Waals surface area (Å²) in [6, 6.07) is 8.64. The Bertz CT molecular complexity index is 473. The Morgan fingerprint density at radius 1 is 1.24 bits per heavy atom. The molecule has 1 aromatic carbocycles. The van der Waals surface area contributed by atoms with Crippen molar-refractivity contribution in [2.75, 3.05) is 6.54 Å². The summed E-state index contributed by atoms with van der Waals surface area (Å²) in [7, 11) is 0. The maximum atomic E-state index is 4.08. The summed E-state index contributed by atoms with van der Waals surface area (Å²) in [5, 5.41) is 3.46. The molecule has 88 valence electrons. The van der Waals surface area contributed by atoms with Gasteiger partial charge in [0, 0.05) is 21.5 Å². The molecule has 0 saturated carbocycles. The molecule has 0 radical (unpaired) electrons. The quantitative estimate of drug-likeness (QED) is 0.871. The number of halogens is 1. The van der Waals surface area contributed by atoms with Crippen LogP contribution in [0.15, 0.2) is 43.0 Å². The van der Waals surface area contributed by atoms with Gasteiger partial charge in [0.25, 0.3) is 0 Å². The Kier molecular flexibility index (Phi) is 4.44. The first-order valence-electron chi connectivity index (χ1n) is 5.55.